The van der Waals surface area contributed by atoms with E-state index in [1.54, 1.807) is 0 Å². The zero-order chi connectivity index (χ0) is 11.4. The van der Waals surface area contributed by atoms with Gasteiger partial charge in [-0.2, -0.15) is 36.4 Å². The van der Waals surface area contributed by atoms with E-state index in [-0.39, 0.29) is 19.5 Å². The molecule has 0 N–H and O–H groups in total. The molecule has 1 rings (SSSR count). The average molecular weight is 281 g/mol. The fourth-order valence-corrected chi connectivity index (χ4v) is 0.342. The second kappa shape index (κ2) is 15.9. The van der Waals surface area contributed by atoms with Crippen LogP contribution in [0.4, 0.5) is 26.3 Å². The molecule has 0 heterocycles. The summed E-state index contributed by atoms with van der Waals surface area (Å²) in [4.78, 5) is 0. The van der Waals surface area contributed by atoms with Crippen LogP contribution >= 0.6 is 0 Å². The average Bonchev–Trinajstić information content (AvgIpc) is 2.05. The quantitative estimate of drug-likeness (QED) is 0.380. The van der Waals surface area contributed by atoms with E-state index in [2.05, 4.69) is 6.07 Å². The Kier molecular flexibility index (Phi) is 21.1. The minimum Gasteiger partial charge on any atom is -0.385 e. The van der Waals surface area contributed by atoms with Crippen LogP contribution in [0, 0.1) is 19.4 Å². The number of halogens is 6. The Hall–Kier alpha value is -0.577. The molecule has 0 bridgehead atoms. The summed E-state index contributed by atoms with van der Waals surface area (Å²) in [7, 11) is 0. The minimum absolute atomic E-state index is 0. The van der Waals surface area contributed by atoms with Gasteiger partial charge in [0.1, 0.15) is 0 Å². The van der Waals surface area contributed by atoms with Crippen LogP contribution in [-0.4, -0.2) is 0 Å². The molecule has 0 saturated heterocycles. The Bertz CT molecular complexity index is 144. The fourth-order valence-electron chi connectivity index (χ4n) is 0.342. The molecule has 0 aliphatic heterocycles. The molecule has 0 aromatic heterocycles. The monoisotopic (exact) mass is 279 g/mol. The standard InChI is InChI=1S/C6H5.2CF3.Zn/c1-2-4-6-5-3-1;2*2-1(3)4;/h1-5H;;;/q3*-1;. The SMILES string of the molecule is F[C-](F)F.F[C-](F)F.[Zn].[c-]1ccccc1. The summed E-state index contributed by atoms with van der Waals surface area (Å²) in [6.45, 7) is -6.17. The van der Waals surface area contributed by atoms with Crippen LogP contribution in [0.5, 0.6) is 0 Å². The number of benzene rings is 1. The molecule has 7 heteroatoms. The van der Waals surface area contributed by atoms with Gasteiger partial charge in [0.15, 0.2) is 13.4 Å². The molecule has 0 aliphatic carbocycles. The number of hydrogen-bond donors (Lipinski definition) is 0. The van der Waals surface area contributed by atoms with Crippen molar-refractivity contribution in [2.24, 2.45) is 0 Å². The van der Waals surface area contributed by atoms with E-state index in [1.807, 2.05) is 30.3 Å². The first kappa shape index (κ1) is 19.9. The van der Waals surface area contributed by atoms with E-state index in [0.717, 1.165) is 0 Å². The molecule has 0 amide bonds. The van der Waals surface area contributed by atoms with Gasteiger partial charge in [0.2, 0.25) is 0 Å². The first-order valence-corrected chi connectivity index (χ1v) is 3.04. The largest absolute Gasteiger partial charge is 0.385 e. The third-order valence-corrected chi connectivity index (χ3v) is 0.607. The molecule has 84 valence electrons. The predicted molar refractivity (Wildman–Crippen MR) is 38.4 cm³/mol. The molecule has 0 atom stereocenters. The summed E-state index contributed by atoms with van der Waals surface area (Å²) < 4.78 is 57.5. The van der Waals surface area contributed by atoms with Gasteiger partial charge in [-0.15, -0.1) is 0 Å². The summed E-state index contributed by atoms with van der Waals surface area (Å²) in [5, 5.41) is 0. The molecule has 15 heavy (non-hydrogen) atoms. The van der Waals surface area contributed by atoms with E-state index >= 15 is 0 Å². The predicted octanol–water partition coefficient (Wildman–Crippen LogP) is 4.17. The normalized spacial score (nSPS) is 8.00. The van der Waals surface area contributed by atoms with Crippen LogP contribution in [0.1, 0.15) is 0 Å². The number of rotatable bonds is 0. The third kappa shape index (κ3) is 59.6. The number of hydrogen-bond acceptors (Lipinski definition) is 0. The maximum atomic E-state index is 9.58. The second-order valence-electron chi connectivity index (χ2n) is 1.51. The molecule has 1 aromatic rings. The van der Waals surface area contributed by atoms with Gasteiger partial charge in [-0.25, -0.2) is 0 Å². The Morgan fingerprint density at radius 1 is 0.667 bits per heavy atom. The van der Waals surface area contributed by atoms with Gasteiger partial charge in [-0.1, -0.05) is 0 Å². The van der Waals surface area contributed by atoms with Crippen molar-refractivity contribution in [2.45, 2.75) is 0 Å². The smallest absolute Gasteiger partial charge is 0.154 e. The molecule has 1 aromatic carbocycles. The Balaban J connectivity index is -0.000000145. The van der Waals surface area contributed by atoms with Gasteiger partial charge in [0, 0.05) is 19.5 Å². The minimum atomic E-state index is -3.08. The fraction of sp³-hybridized carbons (Fsp3) is 0. The van der Waals surface area contributed by atoms with E-state index in [9.17, 15) is 26.3 Å². The van der Waals surface area contributed by atoms with E-state index in [4.69, 9.17) is 0 Å². The molecular formula is C8H5F6Zn-3. The van der Waals surface area contributed by atoms with Gasteiger partial charge in [-0.3, -0.25) is 0 Å². The Labute approximate surface area is 96.0 Å². The summed E-state index contributed by atoms with van der Waals surface area (Å²) in [6.07, 6.45) is 0. The van der Waals surface area contributed by atoms with Crippen molar-refractivity contribution in [2.75, 3.05) is 0 Å². The van der Waals surface area contributed by atoms with Crippen molar-refractivity contribution >= 4 is 0 Å². The van der Waals surface area contributed by atoms with Gasteiger partial charge in [0.05, 0.1) is 0 Å². The summed E-state index contributed by atoms with van der Waals surface area (Å²) >= 11 is 0. The molecule has 0 spiro atoms. The van der Waals surface area contributed by atoms with Gasteiger partial charge in [-0.05, 0) is 0 Å². The summed E-state index contributed by atoms with van der Waals surface area (Å²) in [5.41, 5.74) is 0. The Morgan fingerprint density at radius 2 is 0.933 bits per heavy atom. The van der Waals surface area contributed by atoms with Crippen molar-refractivity contribution in [1.29, 1.82) is 0 Å². The van der Waals surface area contributed by atoms with Crippen molar-refractivity contribution in [3.05, 3.63) is 49.8 Å². The first-order valence-electron chi connectivity index (χ1n) is 3.04. The molecule has 0 fully saturated rings. The maximum absolute atomic E-state index is 9.58. The van der Waals surface area contributed by atoms with E-state index < -0.39 is 13.4 Å². The molecular weight excluding hydrogens is 275 g/mol. The summed E-state index contributed by atoms with van der Waals surface area (Å²) in [6, 6.07) is 12.5. The van der Waals surface area contributed by atoms with Crippen LogP contribution in [-0.2, 0) is 19.5 Å². The van der Waals surface area contributed by atoms with Crippen LogP contribution < -0.4 is 0 Å². The molecule has 0 unspecified atom stereocenters. The second-order valence-corrected chi connectivity index (χ2v) is 1.51. The van der Waals surface area contributed by atoms with Crippen LogP contribution in [0.25, 0.3) is 0 Å². The van der Waals surface area contributed by atoms with Crippen molar-refractivity contribution in [1.82, 2.24) is 0 Å². The zero-order valence-electron chi connectivity index (χ0n) is 7.36. The van der Waals surface area contributed by atoms with Crippen LogP contribution in [0.15, 0.2) is 30.3 Å². The van der Waals surface area contributed by atoms with Gasteiger partial charge < -0.3 is 26.3 Å². The van der Waals surface area contributed by atoms with Gasteiger partial charge >= 0.3 is 0 Å². The Morgan fingerprint density at radius 3 is 1.00 bits per heavy atom. The van der Waals surface area contributed by atoms with E-state index in [0.29, 0.717) is 0 Å². The van der Waals surface area contributed by atoms with Gasteiger partial charge in [0.25, 0.3) is 0 Å². The summed E-state index contributed by atoms with van der Waals surface area (Å²) in [5.74, 6) is 0. The van der Waals surface area contributed by atoms with Crippen LogP contribution in [0.3, 0.4) is 0 Å². The van der Waals surface area contributed by atoms with Crippen molar-refractivity contribution < 1.29 is 45.8 Å². The molecule has 0 saturated carbocycles. The topological polar surface area (TPSA) is 0 Å². The first-order chi connectivity index (χ1) is 6.46. The van der Waals surface area contributed by atoms with E-state index in [1.165, 1.54) is 0 Å². The third-order valence-electron chi connectivity index (χ3n) is 0.607. The van der Waals surface area contributed by atoms with Crippen molar-refractivity contribution in [3.63, 3.8) is 0 Å². The molecule has 0 nitrogen and oxygen atoms in total. The zero-order valence-corrected chi connectivity index (χ0v) is 10.3. The molecule has 0 radical (unpaired) electrons. The maximum Gasteiger partial charge on any atom is 0.154 e. The van der Waals surface area contributed by atoms with Crippen molar-refractivity contribution in [3.8, 4) is 0 Å². The molecule has 0 aliphatic rings. The van der Waals surface area contributed by atoms with Crippen LogP contribution in [0.2, 0.25) is 0 Å².